The lowest BCUT2D eigenvalue weighted by molar-refractivity contribution is -0.155. The zero-order valence-electron chi connectivity index (χ0n) is 11.6. The van der Waals surface area contributed by atoms with Crippen LogP contribution in [0, 0.1) is 0 Å². The number of nitrogens with zero attached hydrogens (tertiary/aromatic N) is 1. The number of aliphatic carboxylic acids is 1. The van der Waals surface area contributed by atoms with Crippen molar-refractivity contribution in [2.24, 2.45) is 0 Å². The smallest absolute Gasteiger partial charge is 0.345 e. The van der Waals surface area contributed by atoms with Gasteiger partial charge in [0.1, 0.15) is 0 Å². The van der Waals surface area contributed by atoms with E-state index in [1.54, 1.807) is 66.9 Å². The molecule has 1 atom stereocenters. The second-order valence-corrected chi connectivity index (χ2v) is 4.90. The number of aromatic nitrogens is 2. The molecule has 3 N–H and O–H groups in total. The molecule has 0 fully saturated rings. The Hall–Kier alpha value is -2.92. The lowest BCUT2D eigenvalue weighted by atomic mass is 9.83. The van der Waals surface area contributed by atoms with Gasteiger partial charge in [-0.2, -0.15) is 5.10 Å². The van der Waals surface area contributed by atoms with Crippen LogP contribution in [-0.2, 0) is 10.4 Å². The van der Waals surface area contributed by atoms with Crippen LogP contribution < -0.4 is 0 Å². The van der Waals surface area contributed by atoms with E-state index in [4.69, 9.17) is 0 Å². The number of aliphatic hydroxyl groups is 1. The van der Waals surface area contributed by atoms with Crippen LogP contribution in [0.3, 0.4) is 0 Å². The highest BCUT2D eigenvalue weighted by Gasteiger charge is 2.41. The number of hydrogen-bond acceptors (Lipinski definition) is 3. The average Bonchev–Trinajstić information content (AvgIpc) is 3.09. The van der Waals surface area contributed by atoms with Crippen LogP contribution in [0.2, 0.25) is 0 Å². The average molecular weight is 294 g/mol. The van der Waals surface area contributed by atoms with Gasteiger partial charge in [0.2, 0.25) is 5.60 Å². The Labute approximate surface area is 126 Å². The standard InChI is InChI=1S/C17H14N2O3/c20-16(21)17(22,12-6-2-1-3-7-12)14-9-5-4-8-13(14)15-10-11-18-19-15/h1-11,22H,(H,18,19)(H,20,21). The predicted octanol–water partition coefficient (Wildman–Crippen LogP) is 2.40. The molecule has 3 rings (SSSR count). The molecule has 0 amide bonds. The van der Waals surface area contributed by atoms with Crippen LogP contribution >= 0.6 is 0 Å². The van der Waals surface area contributed by atoms with E-state index >= 15 is 0 Å². The number of carbonyl (C=O) groups is 1. The topological polar surface area (TPSA) is 86.2 Å². The van der Waals surface area contributed by atoms with Crippen LogP contribution in [0.25, 0.3) is 11.3 Å². The number of aromatic amines is 1. The van der Waals surface area contributed by atoms with Crippen molar-refractivity contribution in [2.45, 2.75) is 5.60 Å². The van der Waals surface area contributed by atoms with E-state index in [9.17, 15) is 15.0 Å². The summed E-state index contributed by atoms with van der Waals surface area (Å²) in [6.07, 6.45) is 1.58. The number of rotatable bonds is 4. The van der Waals surface area contributed by atoms with E-state index < -0.39 is 11.6 Å². The van der Waals surface area contributed by atoms with E-state index in [0.29, 0.717) is 16.8 Å². The van der Waals surface area contributed by atoms with Crippen LogP contribution in [-0.4, -0.2) is 26.4 Å². The van der Waals surface area contributed by atoms with Crippen molar-refractivity contribution in [2.75, 3.05) is 0 Å². The molecular weight excluding hydrogens is 280 g/mol. The Morgan fingerprint density at radius 2 is 1.68 bits per heavy atom. The van der Waals surface area contributed by atoms with Gasteiger partial charge in [-0.25, -0.2) is 4.79 Å². The van der Waals surface area contributed by atoms with Crippen molar-refractivity contribution in [3.63, 3.8) is 0 Å². The number of H-pyrrole nitrogens is 1. The molecule has 0 spiro atoms. The summed E-state index contributed by atoms with van der Waals surface area (Å²) in [4.78, 5) is 11.9. The molecule has 2 aromatic carbocycles. The SMILES string of the molecule is O=C(O)C(O)(c1ccccc1)c1ccccc1-c1ccn[nH]1. The first-order chi connectivity index (χ1) is 10.6. The summed E-state index contributed by atoms with van der Waals surface area (Å²) >= 11 is 0. The summed E-state index contributed by atoms with van der Waals surface area (Å²) in [5.41, 5.74) is -0.310. The molecule has 1 unspecified atom stereocenters. The third-order valence-electron chi connectivity index (χ3n) is 3.61. The van der Waals surface area contributed by atoms with Gasteiger partial charge in [-0.3, -0.25) is 5.10 Å². The van der Waals surface area contributed by atoms with Gasteiger partial charge in [0.25, 0.3) is 0 Å². The van der Waals surface area contributed by atoms with Crippen molar-refractivity contribution in [3.8, 4) is 11.3 Å². The first-order valence-corrected chi connectivity index (χ1v) is 6.74. The Balaban J connectivity index is 2.26. The normalized spacial score (nSPS) is 13.5. The molecule has 0 saturated carbocycles. The third kappa shape index (κ3) is 2.17. The largest absolute Gasteiger partial charge is 0.479 e. The molecule has 22 heavy (non-hydrogen) atoms. The highest BCUT2D eigenvalue weighted by molar-refractivity contribution is 5.87. The highest BCUT2D eigenvalue weighted by Crippen LogP contribution is 2.36. The lowest BCUT2D eigenvalue weighted by Gasteiger charge is -2.26. The van der Waals surface area contributed by atoms with Crippen LogP contribution in [0.5, 0.6) is 0 Å². The summed E-state index contributed by atoms with van der Waals surface area (Å²) in [5, 5.41) is 27.4. The Morgan fingerprint density at radius 1 is 1.00 bits per heavy atom. The van der Waals surface area contributed by atoms with Gasteiger partial charge in [-0.05, 0) is 11.6 Å². The summed E-state index contributed by atoms with van der Waals surface area (Å²) in [5.74, 6) is -1.33. The minimum atomic E-state index is -2.14. The van der Waals surface area contributed by atoms with Crippen LogP contribution in [0.4, 0.5) is 0 Å². The van der Waals surface area contributed by atoms with Gasteiger partial charge in [0, 0.05) is 17.3 Å². The van der Waals surface area contributed by atoms with E-state index in [2.05, 4.69) is 10.2 Å². The zero-order chi connectivity index (χ0) is 15.6. The Kier molecular flexibility index (Phi) is 3.48. The third-order valence-corrected chi connectivity index (χ3v) is 3.61. The fraction of sp³-hybridized carbons (Fsp3) is 0.0588. The second-order valence-electron chi connectivity index (χ2n) is 4.90. The Bertz CT molecular complexity index is 785. The van der Waals surface area contributed by atoms with Crippen molar-refractivity contribution >= 4 is 5.97 Å². The maximum absolute atomic E-state index is 11.9. The Morgan fingerprint density at radius 3 is 2.32 bits per heavy atom. The summed E-state index contributed by atoms with van der Waals surface area (Å²) < 4.78 is 0. The molecule has 0 aliphatic rings. The van der Waals surface area contributed by atoms with E-state index in [1.165, 1.54) is 0 Å². The molecule has 5 heteroatoms. The van der Waals surface area contributed by atoms with E-state index in [1.807, 2.05) is 0 Å². The van der Waals surface area contributed by atoms with E-state index in [-0.39, 0.29) is 5.56 Å². The molecule has 5 nitrogen and oxygen atoms in total. The predicted molar refractivity (Wildman–Crippen MR) is 81.1 cm³/mol. The lowest BCUT2D eigenvalue weighted by Crippen LogP contribution is -2.37. The molecule has 0 bridgehead atoms. The fourth-order valence-electron chi connectivity index (χ4n) is 2.51. The van der Waals surface area contributed by atoms with Gasteiger partial charge in [-0.1, -0.05) is 54.6 Å². The molecule has 1 aromatic heterocycles. The zero-order valence-corrected chi connectivity index (χ0v) is 11.6. The molecule has 0 radical (unpaired) electrons. The first kappa shape index (κ1) is 14.0. The van der Waals surface area contributed by atoms with Gasteiger partial charge in [0.05, 0.1) is 5.69 Å². The maximum atomic E-state index is 11.9. The minimum Gasteiger partial charge on any atom is -0.479 e. The quantitative estimate of drug-likeness (QED) is 0.689. The summed E-state index contributed by atoms with van der Waals surface area (Å²) in [7, 11) is 0. The van der Waals surface area contributed by atoms with Gasteiger partial charge >= 0.3 is 5.97 Å². The van der Waals surface area contributed by atoms with E-state index in [0.717, 1.165) is 0 Å². The number of carboxylic acids is 1. The van der Waals surface area contributed by atoms with Crippen molar-refractivity contribution in [1.82, 2.24) is 10.2 Å². The van der Waals surface area contributed by atoms with Gasteiger partial charge in [-0.15, -0.1) is 0 Å². The van der Waals surface area contributed by atoms with Crippen molar-refractivity contribution < 1.29 is 15.0 Å². The molecule has 3 aromatic rings. The fourth-order valence-corrected chi connectivity index (χ4v) is 2.51. The molecule has 110 valence electrons. The van der Waals surface area contributed by atoms with Gasteiger partial charge in [0.15, 0.2) is 0 Å². The highest BCUT2D eigenvalue weighted by atomic mass is 16.4. The minimum absolute atomic E-state index is 0.290. The molecular formula is C17H14N2O3. The summed E-state index contributed by atoms with van der Waals surface area (Å²) in [6.45, 7) is 0. The van der Waals surface area contributed by atoms with Crippen LogP contribution in [0.15, 0.2) is 66.9 Å². The molecule has 0 aliphatic carbocycles. The first-order valence-electron chi connectivity index (χ1n) is 6.74. The number of benzene rings is 2. The molecule has 1 heterocycles. The molecule has 0 saturated heterocycles. The van der Waals surface area contributed by atoms with Crippen molar-refractivity contribution in [3.05, 3.63) is 78.0 Å². The summed E-state index contributed by atoms with van der Waals surface area (Å²) in [6, 6.07) is 16.9. The monoisotopic (exact) mass is 294 g/mol. The number of carboxylic acid groups (broad SMARTS) is 1. The van der Waals surface area contributed by atoms with Crippen LogP contribution in [0.1, 0.15) is 11.1 Å². The molecule has 0 aliphatic heterocycles. The number of nitrogens with one attached hydrogen (secondary N) is 1. The maximum Gasteiger partial charge on any atom is 0.345 e. The van der Waals surface area contributed by atoms with Crippen molar-refractivity contribution in [1.29, 1.82) is 0 Å². The number of hydrogen-bond donors (Lipinski definition) is 3. The van der Waals surface area contributed by atoms with Gasteiger partial charge < -0.3 is 10.2 Å². The second kappa shape index (κ2) is 5.46.